The minimum Gasteiger partial charge on any atom is -0.324 e. The molecule has 1 aromatic heterocycles. The first-order chi connectivity index (χ1) is 9.29. The molecule has 0 spiro atoms. The lowest BCUT2D eigenvalue weighted by Crippen LogP contribution is -2.18. The summed E-state index contributed by atoms with van der Waals surface area (Å²) in [6.45, 7) is 2.33. The lowest BCUT2D eigenvalue weighted by Gasteiger charge is -2.28. The van der Waals surface area contributed by atoms with E-state index in [-0.39, 0.29) is 0 Å². The summed E-state index contributed by atoms with van der Waals surface area (Å²) in [6.07, 6.45) is 5.38. The highest BCUT2D eigenvalue weighted by atomic mass is 15.1. The van der Waals surface area contributed by atoms with Crippen LogP contribution in [0, 0.1) is 17.2 Å². The molecule has 3 heteroatoms. The van der Waals surface area contributed by atoms with Crippen LogP contribution in [0.25, 0.3) is 11.0 Å². The van der Waals surface area contributed by atoms with E-state index in [1.807, 2.05) is 12.1 Å². The molecule has 0 unspecified atom stereocenters. The summed E-state index contributed by atoms with van der Waals surface area (Å²) < 4.78 is 2.32. The molecule has 1 aliphatic rings. The monoisotopic (exact) mass is 253 g/mol. The minimum absolute atomic E-state index is 0.404. The molecule has 1 aromatic carbocycles. The Morgan fingerprint density at radius 2 is 2.00 bits per heavy atom. The van der Waals surface area contributed by atoms with Gasteiger partial charge >= 0.3 is 0 Å². The van der Waals surface area contributed by atoms with Crippen LogP contribution in [0.4, 0.5) is 0 Å². The zero-order valence-corrected chi connectivity index (χ0v) is 11.3. The van der Waals surface area contributed by atoms with Gasteiger partial charge in [-0.15, -0.1) is 0 Å². The number of hydrogen-bond donors (Lipinski definition) is 0. The largest absolute Gasteiger partial charge is 0.324 e. The molecule has 0 atom stereocenters. The Hall–Kier alpha value is -1.82. The summed E-state index contributed by atoms with van der Waals surface area (Å²) in [4.78, 5) is 4.64. The van der Waals surface area contributed by atoms with Gasteiger partial charge in [-0.1, -0.05) is 19.1 Å². The van der Waals surface area contributed by atoms with Crippen molar-refractivity contribution in [3.8, 4) is 6.07 Å². The highest BCUT2D eigenvalue weighted by Crippen LogP contribution is 2.35. The number of para-hydroxylation sites is 2. The molecule has 3 rings (SSSR count). The van der Waals surface area contributed by atoms with Crippen molar-refractivity contribution in [3.63, 3.8) is 0 Å². The van der Waals surface area contributed by atoms with Gasteiger partial charge in [0.05, 0.1) is 23.5 Å². The van der Waals surface area contributed by atoms with Gasteiger partial charge < -0.3 is 4.57 Å². The van der Waals surface area contributed by atoms with Gasteiger partial charge in [0, 0.05) is 6.04 Å². The lowest BCUT2D eigenvalue weighted by molar-refractivity contribution is 0.290. The summed E-state index contributed by atoms with van der Waals surface area (Å²) in [5.41, 5.74) is 2.21. The Kier molecular flexibility index (Phi) is 3.25. The van der Waals surface area contributed by atoms with E-state index in [0.717, 1.165) is 17.3 Å². The van der Waals surface area contributed by atoms with Crippen molar-refractivity contribution in [1.29, 1.82) is 5.26 Å². The van der Waals surface area contributed by atoms with E-state index in [4.69, 9.17) is 5.26 Å². The molecule has 0 bridgehead atoms. The molecular weight excluding hydrogens is 234 g/mol. The average molecular weight is 253 g/mol. The molecule has 1 saturated carbocycles. The number of hydrogen-bond acceptors (Lipinski definition) is 2. The van der Waals surface area contributed by atoms with Crippen LogP contribution in [0.15, 0.2) is 24.3 Å². The summed E-state index contributed by atoms with van der Waals surface area (Å²) in [6, 6.07) is 11.0. The van der Waals surface area contributed by atoms with Gasteiger partial charge in [0.1, 0.15) is 5.82 Å². The van der Waals surface area contributed by atoms with Crippen molar-refractivity contribution in [2.75, 3.05) is 0 Å². The van der Waals surface area contributed by atoms with Gasteiger partial charge in [0.25, 0.3) is 0 Å². The third-order valence-electron chi connectivity index (χ3n) is 4.26. The van der Waals surface area contributed by atoms with Crippen LogP contribution in [0.3, 0.4) is 0 Å². The fourth-order valence-electron chi connectivity index (χ4n) is 3.20. The number of nitriles is 1. The second-order valence-corrected chi connectivity index (χ2v) is 5.64. The van der Waals surface area contributed by atoms with E-state index < -0.39 is 0 Å². The van der Waals surface area contributed by atoms with Crippen LogP contribution >= 0.6 is 0 Å². The van der Waals surface area contributed by atoms with Gasteiger partial charge in [0.2, 0.25) is 0 Å². The second kappa shape index (κ2) is 5.05. The molecule has 1 heterocycles. The fraction of sp³-hybridized carbons (Fsp3) is 0.500. The second-order valence-electron chi connectivity index (χ2n) is 5.64. The number of benzene rings is 1. The fourth-order valence-corrected chi connectivity index (χ4v) is 3.20. The van der Waals surface area contributed by atoms with Crippen molar-refractivity contribution in [2.45, 2.75) is 45.1 Å². The Morgan fingerprint density at radius 1 is 1.26 bits per heavy atom. The maximum atomic E-state index is 9.01. The zero-order valence-electron chi connectivity index (χ0n) is 11.3. The third-order valence-corrected chi connectivity index (χ3v) is 4.26. The number of fused-ring (bicyclic) bond motifs is 1. The first-order valence-electron chi connectivity index (χ1n) is 7.12. The minimum atomic E-state index is 0.404. The van der Waals surface area contributed by atoms with Gasteiger partial charge in [-0.2, -0.15) is 5.26 Å². The van der Waals surface area contributed by atoms with Crippen LogP contribution in [-0.2, 0) is 6.42 Å². The number of aromatic nitrogens is 2. The van der Waals surface area contributed by atoms with Crippen LogP contribution in [0.5, 0.6) is 0 Å². The summed E-state index contributed by atoms with van der Waals surface area (Å²) >= 11 is 0. The van der Waals surface area contributed by atoms with Gasteiger partial charge in [-0.25, -0.2) is 4.98 Å². The molecule has 3 nitrogen and oxygen atoms in total. The Labute approximate surface area is 113 Å². The molecule has 0 radical (unpaired) electrons. The molecule has 2 aromatic rings. The van der Waals surface area contributed by atoms with Crippen LogP contribution in [-0.4, -0.2) is 9.55 Å². The van der Waals surface area contributed by atoms with Crippen molar-refractivity contribution >= 4 is 11.0 Å². The molecular formula is C16H19N3. The molecule has 1 aliphatic carbocycles. The lowest BCUT2D eigenvalue weighted by atomic mass is 9.87. The van der Waals surface area contributed by atoms with Crippen molar-refractivity contribution < 1.29 is 0 Å². The van der Waals surface area contributed by atoms with Crippen LogP contribution in [0.2, 0.25) is 0 Å². The molecule has 0 N–H and O–H groups in total. The Balaban J connectivity index is 2.05. The molecule has 1 fully saturated rings. The highest BCUT2D eigenvalue weighted by molar-refractivity contribution is 5.76. The van der Waals surface area contributed by atoms with E-state index in [1.54, 1.807) is 0 Å². The van der Waals surface area contributed by atoms with E-state index in [0.29, 0.717) is 12.5 Å². The van der Waals surface area contributed by atoms with Gasteiger partial charge in [0.15, 0.2) is 0 Å². The quantitative estimate of drug-likeness (QED) is 0.815. The van der Waals surface area contributed by atoms with E-state index in [2.05, 4.69) is 34.7 Å². The maximum absolute atomic E-state index is 9.01. The molecule has 0 aliphatic heterocycles. The number of nitrogens with zero attached hydrogens (tertiary/aromatic N) is 3. The maximum Gasteiger partial charge on any atom is 0.124 e. The summed E-state index contributed by atoms with van der Waals surface area (Å²) in [5.74, 6) is 1.77. The van der Waals surface area contributed by atoms with E-state index in [1.165, 1.54) is 31.2 Å². The standard InChI is InChI=1S/C16H19N3/c1-12-6-8-13(9-7-12)19-15-5-3-2-4-14(15)18-16(19)10-11-17/h2-5,12-13H,6-10H2,1H3. The van der Waals surface area contributed by atoms with Crippen molar-refractivity contribution in [2.24, 2.45) is 5.92 Å². The van der Waals surface area contributed by atoms with Crippen LogP contribution < -0.4 is 0 Å². The summed E-state index contributed by atoms with van der Waals surface area (Å²) in [7, 11) is 0. The predicted molar refractivity (Wildman–Crippen MR) is 75.7 cm³/mol. The smallest absolute Gasteiger partial charge is 0.124 e. The topological polar surface area (TPSA) is 41.6 Å². The predicted octanol–water partition coefficient (Wildman–Crippen LogP) is 3.85. The number of rotatable bonds is 2. The van der Waals surface area contributed by atoms with Crippen LogP contribution in [0.1, 0.15) is 44.5 Å². The molecule has 98 valence electrons. The zero-order chi connectivity index (χ0) is 13.2. The van der Waals surface area contributed by atoms with Gasteiger partial charge in [-0.3, -0.25) is 0 Å². The normalized spacial score (nSPS) is 23.4. The van der Waals surface area contributed by atoms with E-state index >= 15 is 0 Å². The molecule has 19 heavy (non-hydrogen) atoms. The molecule has 0 saturated heterocycles. The summed E-state index contributed by atoms with van der Waals surface area (Å²) in [5, 5.41) is 9.01. The first kappa shape index (κ1) is 12.2. The molecule has 0 amide bonds. The SMILES string of the molecule is CC1CCC(n2c(CC#N)nc3ccccc32)CC1. The highest BCUT2D eigenvalue weighted by Gasteiger charge is 2.23. The van der Waals surface area contributed by atoms with E-state index in [9.17, 15) is 0 Å². The Bertz CT molecular complexity index is 612. The van der Waals surface area contributed by atoms with Crippen molar-refractivity contribution in [1.82, 2.24) is 9.55 Å². The first-order valence-corrected chi connectivity index (χ1v) is 7.12. The Morgan fingerprint density at radius 3 is 2.74 bits per heavy atom. The van der Waals surface area contributed by atoms with Crippen molar-refractivity contribution in [3.05, 3.63) is 30.1 Å². The van der Waals surface area contributed by atoms with Gasteiger partial charge in [-0.05, 0) is 43.7 Å². The average Bonchev–Trinajstić information content (AvgIpc) is 2.78. The third kappa shape index (κ3) is 2.23. The number of imidazole rings is 1.